The van der Waals surface area contributed by atoms with E-state index >= 15 is 0 Å². The molecule has 0 spiro atoms. The molecule has 3 heterocycles. The first-order valence-corrected chi connectivity index (χ1v) is 18.8. The van der Waals surface area contributed by atoms with Crippen LogP contribution in [0.2, 0.25) is 0 Å². The van der Waals surface area contributed by atoms with E-state index in [1.807, 2.05) is 12.1 Å². The molecule has 0 saturated carbocycles. The van der Waals surface area contributed by atoms with Gasteiger partial charge in [0.25, 0.3) is 0 Å². The van der Waals surface area contributed by atoms with Crippen molar-refractivity contribution in [2.45, 2.75) is 0 Å². The van der Waals surface area contributed by atoms with E-state index in [0.717, 1.165) is 77.6 Å². The first-order chi connectivity index (χ1) is 27.7. The SMILES string of the molecule is c1ccc(-c2cccc(-c3nc(-c4cccc(-c5ccccc5)c4)nc(-c4ccc5c(c4)oc4cc6c(cc45)c4ccccc4n6-c4ccccc4)n3)c2)cc1. The number of nitrogens with zero attached hydrogens (tertiary/aromatic N) is 4. The van der Waals surface area contributed by atoms with Crippen molar-refractivity contribution in [3.63, 3.8) is 0 Å². The monoisotopic (exact) mass is 716 g/mol. The normalized spacial score (nSPS) is 11.6. The molecule has 0 unspecified atom stereocenters. The molecule has 262 valence electrons. The zero-order valence-electron chi connectivity index (χ0n) is 30.2. The Morgan fingerprint density at radius 1 is 0.304 bits per heavy atom. The summed E-state index contributed by atoms with van der Waals surface area (Å²) in [4.78, 5) is 15.3. The molecular weight excluding hydrogens is 685 g/mol. The fraction of sp³-hybridized carbons (Fsp3) is 0. The maximum atomic E-state index is 6.68. The molecule has 3 aromatic heterocycles. The van der Waals surface area contributed by atoms with Crippen LogP contribution in [-0.2, 0) is 0 Å². The average molecular weight is 717 g/mol. The zero-order chi connectivity index (χ0) is 37.0. The third-order valence-electron chi connectivity index (χ3n) is 10.6. The number of hydrogen-bond donors (Lipinski definition) is 0. The van der Waals surface area contributed by atoms with E-state index in [9.17, 15) is 0 Å². The highest BCUT2D eigenvalue weighted by Gasteiger charge is 2.19. The van der Waals surface area contributed by atoms with Crippen molar-refractivity contribution < 1.29 is 4.42 Å². The highest BCUT2D eigenvalue weighted by molar-refractivity contribution is 6.17. The van der Waals surface area contributed by atoms with Crippen molar-refractivity contribution in [3.8, 4) is 62.1 Å². The lowest BCUT2D eigenvalue weighted by molar-refractivity contribution is 0.669. The fourth-order valence-electron chi connectivity index (χ4n) is 7.93. The summed E-state index contributed by atoms with van der Waals surface area (Å²) in [6.45, 7) is 0. The lowest BCUT2D eigenvalue weighted by Crippen LogP contribution is -2.00. The summed E-state index contributed by atoms with van der Waals surface area (Å²) in [5.74, 6) is 1.79. The van der Waals surface area contributed by atoms with Gasteiger partial charge >= 0.3 is 0 Å². The molecule has 8 aromatic carbocycles. The van der Waals surface area contributed by atoms with Crippen molar-refractivity contribution in [1.29, 1.82) is 0 Å². The summed E-state index contributed by atoms with van der Waals surface area (Å²) < 4.78 is 9.00. The minimum atomic E-state index is 0.578. The molecule has 11 rings (SSSR count). The van der Waals surface area contributed by atoms with Crippen molar-refractivity contribution in [2.24, 2.45) is 0 Å². The maximum Gasteiger partial charge on any atom is 0.164 e. The number of fused-ring (bicyclic) bond motifs is 6. The maximum absolute atomic E-state index is 6.68. The van der Waals surface area contributed by atoms with Crippen LogP contribution in [-0.4, -0.2) is 19.5 Å². The Kier molecular flexibility index (Phi) is 7.42. The standard InChI is InChI=1S/C51H32N4O/c1-4-14-33(15-5-1)35-18-12-20-37(28-35)49-52-50(38-21-13-19-36(29-38)34-16-6-2-7-17-34)54-51(53-49)39-26-27-42-44-31-43-41-24-10-11-25-45(41)55(40-22-8-3-9-23-40)46(43)32-48(44)56-47(42)30-39/h1-32H. The van der Waals surface area contributed by atoms with Gasteiger partial charge in [-0.25, -0.2) is 15.0 Å². The molecule has 0 aliphatic rings. The Labute approximate surface area is 322 Å². The summed E-state index contributed by atoms with van der Waals surface area (Å²) >= 11 is 0. The number of aromatic nitrogens is 4. The lowest BCUT2D eigenvalue weighted by Gasteiger charge is -2.10. The van der Waals surface area contributed by atoms with E-state index in [1.165, 1.54) is 10.8 Å². The second kappa shape index (κ2) is 13.0. The van der Waals surface area contributed by atoms with Crippen LogP contribution in [0.25, 0.3) is 106 Å². The third-order valence-corrected chi connectivity index (χ3v) is 10.6. The molecule has 0 saturated heterocycles. The van der Waals surface area contributed by atoms with Crippen molar-refractivity contribution in [3.05, 3.63) is 194 Å². The fourth-order valence-corrected chi connectivity index (χ4v) is 7.93. The van der Waals surface area contributed by atoms with E-state index in [4.69, 9.17) is 19.4 Å². The van der Waals surface area contributed by atoms with Gasteiger partial charge in [-0.2, -0.15) is 0 Å². The Morgan fingerprint density at radius 2 is 0.804 bits per heavy atom. The molecule has 0 aliphatic heterocycles. The van der Waals surface area contributed by atoms with Crippen molar-refractivity contribution >= 4 is 43.7 Å². The Bertz CT molecular complexity index is 3140. The van der Waals surface area contributed by atoms with Crippen LogP contribution in [0.3, 0.4) is 0 Å². The number of furan rings is 1. The van der Waals surface area contributed by atoms with Gasteiger partial charge in [0.15, 0.2) is 17.5 Å². The molecule has 0 N–H and O–H groups in total. The topological polar surface area (TPSA) is 56.7 Å². The highest BCUT2D eigenvalue weighted by Crippen LogP contribution is 2.39. The summed E-state index contributed by atoms with van der Waals surface area (Å²) in [5.41, 5.74) is 12.1. The third kappa shape index (κ3) is 5.45. The van der Waals surface area contributed by atoms with Gasteiger partial charge in [0.05, 0.1) is 11.0 Å². The minimum absolute atomic E-state index is 0.578. The summed E-state index contributed by atoms with van der Waals surface area (Å²) in [6, 6.07) is 67.4. The molecule has 0 fully saturated rings. The van der Waals surface area contributed by atoms with Crippen LogP contribution in [0, 0.1) is 0 Å². The quantitative estimate of drug-likeness (QED) is 0.172. The van der Waals surface area contributed by atoms with Gasteiger partial charge < -0.3 is 8.98 Å². The second-order valence-electron chi connectivity index (χ2n) is 14.1. The summed E-state index contributed by atoms with van der Waals surface area (Å²) in [7, 11) is 0. The predicted octanol–water partition coefficient (Wildman–Crippen LogP) is 13.2. The zero-order valence-corrected chi connectivity index (χ0v) is 30.2. The Morgan fingerprint density at radius 3 is 1.43 bits per heavy atom. The van der Waals surface area contributed by atoms with Gasteiger partial charge in [-0.05, 0) is 70.8 Å². The first kappa shape index (κ1) is 31.9. The van der Waals surface area contributed by atoms with E-state index < -0.39 is 0 Å². The van der Waals surface area contributed by atoms with E-state index in [2.05, 4.69) is 187 Å². The smallest absolute Gasteiger partial charge is 0.164 e. The van der Waals surface area contributed by atoms with Gasteiger partial charge in [0.2, 0.25) is 0 Å². The summed E-state index contributed by atoms with van der Waals surface area (Å²) in [6.07, 6.45) is 0. The van der Waals surface area contributed by atoms with Crippen LogP contribution in [0.1, 0.15) is 0 Å². The van der Waals surface area contributed by atoms with Gasteiger partial charge in [-0.3, -0.25) is 0 Å². The second-order valence-corrected chi connectivity index (χ2v) is 14.1. The van der Waals surface area contributed by atoms with Crippen LogP contribution in [0.4, 0.5) is 0 Å². The first-order valence-electron chi connectivity index (χ1n) is 18.8. The van der Waals surface area contributed by atoms with Gasteiger partial charge in [-0.1, -0.05) is 140 Å². The molecule has 11 aromatic rings. The number of rotatable bonds is 6. The average Bonchev–Trinajstić information content (AvgIpc) is 3.80. The minimum Gasteiger partial charge on any atom is -0.456 e. The number of benzene rings is 8. The van der Waals surface area contributed by atoms with Gasteiger partial charge in [0, 0.05) is 50.0 Å². The molecule has 0 atom stereocenters. The molecular formula is C51H32N4O. The summed E-state index contributed by atoms with van der Waals surface area (Å²) in [5, 5.41) is 4.51. The molecule has 0 bridgehead atoms. The molecule has 0 amide bonds. The Balaban J connectivity index is 1.08. The highest BCUT2D eigenvalue weighted by atomic mass is 16.3. The van der Waals surface area contributed by atoms with Gasteiger partial charge in [0.1, 0.15) is 11.2 Å². The van der Waals surface area contributed by atoms with E-state index in [0.29, 0.717) is 17.5 Å². The van der Waals surface area contributed by atoms with Crippen LogP contribution in [0.15, 0.2) is 199 Å². The molecule has 5 nitrogen and oxygen atoms in total. The molecule has 5 heteroatoms. The van der Waals surface area contributed by atoms with Crippen LogP contribution < -0.4 is 0 Å². The lowest BCUT2D eigenvalue weighted by atomic mass is 10.0. The predicted molar refractivity (Wildman–Crippen MR) is 229 cm³/mol. The van der Waals surface area contributed by atoms with Crippen molar-refractivity contribution in [2.75, 3.05) is 0 Å². The molecule has 0 radical (unpaired) electrons. The van der Waals surface area contributed by atoms with Crippen LogP contribution in [0.5, 0.6) is 0 Å². The number of hydrogen-bond acceptors (Lipinski definition) is 4. The molecule has 0 aliphatic carbocycles. The van der Waals surface area contributed by atoms with E-state index in [-0.39, 0.29) is 0 Å². The largest absolute Gasteiger partial charge is 0.456 e. The Hall–Kier alpha value is -7.63. The van der Waals surface area contributed by atoms with Crippen molar-refractivity contribution in [1.82, 2.24) is 19.5 Å². The number of para-hydroxylation sites is 2. The van der Waals surface area contributed by atoms with Gasteiger partial charge in [-0.15, -0.1) is 0 Å². The molecule has 56 heavy (non-hydrogen) atoms. The van der Waals surface area contributed by atoms with E-state index in [1.54, 1.807) is 0 Å². The van der Waals surface area contributed by atoms with Crippen LogP contribution >= 0.6 is 0 Å².